The lowest BCUT2D eigenvalue weighted by Gasteiger charge is -2.14. The Balaban J connectivity index is 2.45. The number of nitrogens with one attached hydrogen (secondary N) is 1. The fourth-order valence-electron chi connectivity index (χ4n) is 1.85. The van der Waals surface area contributed by atoms with Gasteiger partial charge in [-0.2, -0.15) is 13.5 Å². The predicted octanol–water partition coefficient (Wildman–Crippen LogP) is 1.93. The molecule has 1 heterocycles. The number of rotatable bonds is 4. The normalized spacial score (nSPS) is 13.2. The molecule has 0 amide bonds. The van der Waals surface area contributed by atoms with Gasteiger partial charge in [0, 0.05) is 12.6 Å². The number of hydrogen-bond acceptors (Lipinski definition) is 4. The van der Waals surface area contributed by atoms with Crippen LogP contribution in [0.15, 0.2) is 35.5 Å². The molecular formula is C12H14ClN3O3S. The van der Waals surface area contributed by atoms with Crippen molar-refractivity contribution >= 4 is 27.3 Å². The predicted molar refractivity (Wildman–Crippen MR) is 76.1 cm³/mol. The van der Waals surface area contributed by atoms with Gasteiger partial charge in [-0.05, 0) is 13.0 Å². The molecule has 2 N–H and O–H groups in total. The van der Waals surface area contributed by atoms with Crippen LogP contribution >= 0.6 is 11.6 Å². The Morgan fingerprint density at radius 1 is 1.40 bits per heavy atom. The first-order valence-corrected chi connectivity index (χ1v) is 7.66. The van der Waals surface area contributed by atoms with Crippen molar-refractivity contribution in [2.24, 2.45) is 7.05 Å². The number of aromatic nitrogens is 2. The maximum Gasteiger partial charge on any atom is 0.280 e. The SMILES string of the molecule is CC(O)c1ccccc1NS(=O)(=O)c1c(Cl)cnn1C. The van der Waals surface area contributed by atoms with E-state index in [4.69, 9.17) is 11.6 Å². The fourth-order valence-corrected chi connectivity index (χ4v) is 3.60. The number of nitrogens with zero attached hydrogens (tertiary/aromatic N) is 2. The van der Waals surface area contributed by atoms with Crippen LogP contribution in [0.5, 0.6) is 0 Å². The van der Waals surface area contributed by atoms with Crippen molar-refractivity contribution < 1.29 is 13.5 Å². The van der Waals surface area contributed by atoms with E-state index in [0.29, 0.717) is 11.3 Å². The summed E-state index contributed by atoms with van der Waals surface area (Å²) in [6.07, 6.45) is 0.465. The molecule has 0 aliphatic heterocycles. The van der Waals surface area contributed by atoms with E-state index in [1.165, 1.54) is 17.9 Å². The van der Waals surface area contributed by atoms with Gasteiger partial charge in [0.2, 0.25) is 0 Å². The topological polar surface area (TPSA) is 84.2 Å². The summed E-state index contributed by atoms with van der Waals surface area (Å²) in [7, 11) is -2.39. The lowest BCUT2D eigenvalue weighted by molar-refractivity contribution is 0.200. The number of halogens is 1. The maximum absolute atomic E-state index is 12.3. The summed E-state index contributed by atoms with van der Waals surface area (Å²) in [4.78, 5) is 0. The highest BCUT2D eigenvalue weighted by Crippen LogP contribution is 2.27. The van der Waals surface area contributed by atoms with E-state index in [1.54, 1.807) is 31.2 Å². The van der Waals surface area contributed by atoms with Crippen LogP contribution in [-0.2, 0) is 17.1 Å². The van der Waals surface area contributed by atoms with Gasteiger partial charge in [0.05, 0.1) is 23.0 Å². The molecular weight excluding hydrogens is 302 g/mol. The minimum atomic E-state index is -3.88. The third-order valence-corrected chi connectivity index (χ3v) is 4.62. The minimum Gasteiger partial charge on any atom is -0.389 e. The van der Waals surface area contributed by atoms with Gasteiger partial charge in [-0.15, -0.1) is 0 Å². The molecule has 1 aromatic heterocycles. The first kappa shape index (κ1) is 14.8. The van der Waals surface area contributed by atoms with Crippen LogP contribution in [0.4, 0.5) is 5.69 Å². The fraction of sp³-hybridized carbons (Fsp3) is 0.250. The van der Waals surface area contributed by atoms with Crippen LogP contribution in [0.1, 0.15) is 18.6 Å². The lowest BCUT2D eigenvalue weighted by Crippen LogP contribution is -2.18. The number of para-hydroxylation sites is 1. The van der Waals surface area contributed by atoms with E-state index < -0.39 is 16.1 Å². The zero-order valence-corrected chi connectivity index (χ0v) is 12.5. The number of aliphatic hydroxyl groups is 1. The van der Waals surface area contributed by atoms with Crippen molar-refractivity contribution in [3.05, 3.63) is 41.0 Å². The Hall–Kier alpha value is -1.57. The number of benzene rings is 1. The molecule has 0 aliphatic rings. The molecule has 1 aromatic carbocycles. The van der Waals surface area contributed by atoms with Gasteiger partial charge >= 0.3 is 0 Å². The zero-order valence-electron chi connectivity index (χ0n) is 10.9. The molecule has 0 fully saturated rings. The quantitative estimate of drug-likeness (QED) is 0.903. The van der Waals surface area contributed by atoms with Gasteiger partial charge in [0.15, 0.2) is 5.03 Å². The molecule has 1 atom stereocenters. The van der Waals surface area contributed by atoms with Gasteiger partial charge in [-0.3, -0.25) is 9.40 Å². The highest BCUT2D eigenvalue weighted by molar-refractivity contribution is 7.92. The molecule has 6 nitrogen and oxygen atoms in total. The van der Waals surface area contributed by atoms with Gasteiger partial charge in [0.25, 0.3) is 10.0 Å². The molecule has 0 radical (unpaired) electrons. The van der Waals surface area contributed by atoms with Crippen LogP contribution in [0.25, 0.3) is 0 Å². The van der Waals surface area contributed by atoms with Gasteiger partial charge < -0.3 is 5.11 Å². The van der Waals surface area contributed by atoms with E-state index in [9.17, 15) is 13.5 Å². The van der Waals surface area contributed by atoms with Crippen molar-refractivity contribution in [1.82, 2.24) is 9.78 Å². The standard InChI is InChI=1S/C12H14ClN3O3S/c1-8(17)9-5-3-4-6-11(9)15-20(18,19)12-10(13)7-14-16(12)2/h3-8,15,17H,1-2H3. The van der Waals surface area contributed by atoms with Gasteiger partial charge in [-0.25, -0.2) is 0 Å². The summed E-state index contributed by atoms with van der Waals surface area (Å²) in [5.41, 5.74) is 0.786. The third-order valence-electron chi connectivity index (χ3n) is 2.75. The minimum absolute atomic E-state index is 0.0366. The van der Waals surface area contributed by atoms with Crippen molar-refractivity contribution in [3.63, 3.8) is 0 Å². The summed E-state index contributed by atoms with van der Waals surface area (Å²) in [5.74, 6) is 0. The lowest BCUT2D eigenvalue weighted by atomic mass is 10.1. The first-order chi connectivity index (χ1) is 9.33. The Labute approximate surface area is 122 Å². The van der Waals surface area contributed by atoms with Crippen LogP contribution in [-0.4, -0.2) is 23.3 Å². The van der Waals surface area contributed by atoms with E-state index in [1.807, 2.05) is 0 Å². The molecule has 0 spiro atoms. The monoisotopic (exact) mass is 315 g/mol. The summed E-state index contributed by atoms with van der Waals surface area (Å²) >= 11 is 5.85. The van der Waals surface area contributed by atoms with Crippen molar-refractivity contribution in [1.29, 1.82) is 0 Å². The average molecular weight is 316 g/mol. The Bertz CT molecular complexity index is 706. The van der Waals surface area contributed by atoms with Crippen LogP contribution < -0.4 is 4.72 Å². The largest absolute Gasteiger partial charge is 0.389 e. The second kappa shape index (κ2) is 5.43. The Morgan fingerprint density at radius 3 is 2.60 bits per heavy atom. The van der Waals surface area contributed by atoms with Gasteiger partial charge in [0.1, 0.15) is 0 Å². The second-order valence-corrected chi connectivity index (χ2v) is 6.29. The molecule has 0 bridgehead atoms. The summed E-state index contributed by atoms with van der Waals surface area (Å²) in [6.45, 7) is 1.56. The molecule has 2 rings (SSSR count). The van der Waals surface area contributed by atoms with E-state index >= 15 is 0 Å². The molecule has 2 aromatic rings. The molecule has 1 unspecified atom stereocenters. The van der Waals surface area contributed by atoms with Crippen LogP contribution in [0, 0.1) is 0 Å². The number of hydrogen-bond donors (Lipinski definition) is 2. The smallest absolute Gasteiger partial charge is 0.280 e. The summed E-state index contributed by atoms with van der Waals surface area (Å²) in [6, 6.07) is 6.61. The number of sulfonamides is 1. The Morgan fingerprint density at radius 2 is 2.05 bits per heavy atom. The highest BCUT2D eigenvalue weighted by atomic mass is 35.5. The molecule has 8 heteroatoms. The van der Waals surface area contributed by atoms with Crippen molar-refractivity contribution in [2.75, 3.05) is 4.72 Å². The van der Waals surface area contributed by atoms with Crippen molar-refractivity contribution in [2.45, 2.75) is 18.1 Å². The first-order valence-electron chi connectivity index (χ1n) is 5.80. The van der Waals surface area contributed by atoms with Gasteiger partial charge in [-0.1, -0.05) is 29.8 Å². The number of anilines is 1. The molecule has 20 heavy (non-hydrogen) atoms. The van der Waals surface area contributed by atoms with Crippen LogP contribution in [0.2, 0.25) is 5.02 Å². The third kappa shape index (κ3) is 2.79. The summed E-state index contributed by atoms with van der Waals surface area (Å²) in [5, 5.41) is 13.4. The van der Waals surface area contributed by atoms with E-state index in [2.05, 4.69) is 9.82 Å². The number of aryl methyl sites for hydroxylation is 1. The highest BCUT2D eigenvalue weighted by Gasteiger charge is 2.24. The zero-order chi connectivity index (χ0) is 14.9. The van der Waals surface area contributed by atoms with E-state index in [0.717, 1.165) is 0 Å². The van der Waals surface area contributed by atoms with E-state index in [-0.39, 0.29) is 10.0 Å². The second-order valence-electron chi connectivity index (χ2n) is 4.29. The molecule has 0 saturated heterocycles. The molecule has 0 saturated carbocycles. The summed E-state index contributed by atoms with van der Waals surface area (Å²) < 4.78 is 28.3. The van der Waals surface area contributed by atoms with Crippen LogP contribution in [0.3, 0.4) is 0 Å². The molecule has 108 valence electrons. The maximum atomic E-state index is 12.3. The number of aliphatic hydroxyl groups excluding tert-OH is 1. The molecule has 0 aliphatic carbocycles. The Kier molecular flexibility index (Phi) is 4.03. The van der Waals surface area contributed by atoms with Crippen molar-refractivity contribution in [3.8, 4) is 0 Å². The average Bonchev–Trinajstić information content (AvgIpc) is 2.69.